The third kappa shape index (κ3) is 4.25. The molecule has 0 bridgehead atoms. The number of hydrogen-bond donors (Lipinski definition) is 2. The Balaban J connectivity index is 1.79. The topological polar surface area (TPSA) is 91.4 Å². The van der Waals surface area contributed by atoms with Crippen molar-refractivity contribution in [2.45, 2.75) is 37.8 Å². The number of anilines is 1. The van der Waals surface area contributed by atoms with Gasteiger partial charge in [0.25, 0.3) is 0 Å². The first-order valence-corrected chi connectivity index (χ1v) is 10.4. The molecule has 0 radical (unpaired) electrons. The number of carbonyl (C=O) groups is 1. The fourth-order valence-corrected chi connectivity index (χ4v) is 5.20. The molecule has 2 N–H and O–H groups in total. The number of amides is 2. The summed E-state index contributed by atoms with van der Waals surface area (Å²) in [5, 5.41) is 5.66. The molecule has 146 valence electrons. The van der Waals surface area contributed by atoms with Gasteiger partial charge < -0.3 is 5.32 Å². The highest BCUT2D eigenvalue weighted by Gasteiger charge is 2.32. The smallest absolute Gasteiger partial charge is 0.321 e. The van der Waals surface area contributed by atoms with Crippen molar-refractivity contribution in [3.05, 3.63) is 40.4 Å². The molecule has 0 fully saturated rings. The molecule has 27 heavy (non-hydrogen) atoms. The Morgan fingerprint density at radius 1 is 1.33 bits per heavy atom. The van der Waals surface area contributed by atoms with Crippen LogP contribution in [0.15, 0.2) is 23.1 Å². The van der Waals surface area contributed by atoms with E-state index < -0.39 is 32.6 Å². The predicted molar refractivity (Wildman–Crippen MR) is 97.1 cm³/mol. The normalized spacial score (nSPS) is 14.9. The monoisotopic (exact) mass is 416 g/mol. The van der Waals surface area contributed by atoms with Crippen molar-refractivity contribution in [3.8, 4) is 0 Å². The van der Waals surface area contributed by atoms with Crippen molar-refractivity contribution >= 4 is 32.5 Å². The van der Waals surface area contributed by atoms with E-state index >= 15 is 0 Å². The molecule has 7 nitrogen and oxygen atoms in total. The first-order valence-electron chi connectivity index (χ1n) is 8.18. The quantitative estimate of drug-likeness (QED) is 0.802. The number of benzene rings is 1. The van der Waals surface area contributed by atoms with Crippen LogP contribution in [0, 0.1) is 11.6 Å². The Kier molecular flexibility index (Phi) is 5.45. The molecule has 0 spiro atoms. The highest BCUT2D eigenvalue weighted by Crippen LogP contribution is 2.31. The zero-order valence-corrected chi connectivity index (χ0v) is 16.3. The highest BCUT2D eigenvalue weighted by atomic mass is 32.2. The van der Waals surface area contributed by atoms with Crippen molar-refractivity contribution in [3.63, 3.8) is 0 Å². The number of rotatable bonds is 4. The molecule has 1 aromatic heterocycles. The lowest BCUT2D eigenvalue weighted by atomic mass is 10.2. The molecule has 1 aliphatic rings. The summed E-state index contributed by atoms with van der Waals surface area (Å²) in [5.41, 5.74) is 0.700. The number of sulfonamides is 1. The van der Waals surface area contributed by atoms with Crippen LogP contribution in [0.25, 0.3) is 0 Å². The van der Waals surface area contributed by atoms with E-state index in [1.165, 1.54) is 11.3 Å². The van der Waals surface area contributed by atoms with E-state index in [2.05, 4.69) is 15.6 Å². The molecule has 0 saturated heterocycles. The van der Waals surface area contributed by atoms with Gasteiger partial charge >= 0.3 is 6.03 Å². The third-order valence-electron chi connectivity index (χ3n) is 3.85. The molecule has 0 aliphatic carbocycles. The molecule has 1 aromatic carbocycles. The molecular formula is C16H18F2N4O3S2. The fourth-order valence-electron chi connectivity index (χ4n) is 2.65. The number of fused-ring (bicyclic) bond motifs is 1. The van der Waals surface area contributed by atoms with Gasteiger partial charge in [-0.05, 0) is 26.0 Å². The Hall–Kier alpha value is -2.11. The van der Waals surface area contributed by atoms with Gasteiger partial charge in [-0.1, -0.05) is 11.3 Å². The summed E-state index contributed by atoms with van der Waals surface area (Å²) in [6.07, 6.45) is 0.335. The molecule has 2 aromatic rings. The summed E-state index contributed by atoms with van der Waals surface area (Å²) in [6, 6.07) is 1.95. The first kappa shape index (κ1) is 19.6. The molecular weight excluding hydrogens is 398 g/mol. The summed E-state index contributed by atoms with van der Waals surface area (Å²) < 4.78 is 53.5. The Labute approximate surface area is 159 Å². The van der Waals surface area contributed by atoms with Crippen LogP contribution in [0.5, 0.6) is 0 Å². The number of thiazole rings is 1. The maximum Gasteiger partial charge on any atom is 0.321 e. The second kappa shape index (κ2) is 7.49. The van der Waals surface area contributed by atoms with Gasteiger partial charge in [0, 0.05) is 30.0 Å². The maximum atomic E-state index is 13.9. The Bertz CT molecular complexity index is 976. The van der Waals surface area contributed by atoms with Gasteiger partial charge in [0.2, 0.25) is 10.0 Å². The predicted octanol–water partition coefficient (Wildman–Crippen LogP) is 2.70. The van der Waals surface area contributed by atoms with Gasteiger partial charge in [-0.2, -0.15) is 4.31 Å². The highest BCUT2D eigenvalue weighted by molar-refractivity contribution is 7.89. The fraction of sp³-hybridized carbons (Fsp3) is 0.375. The second-order valence-electron chi connectivity index (χ2n) is 6.31. The number of nitrogens with zero attached hydrogens (tertiary/aromatic N) is 2. The minimum absolute atomic E-state index is 0.0135. The van der Waals surface area contributed by atoms with E-state index in [9.17, 15) is 22.0 Å². The average Bonchev–Trinajstić information content (AvgIpc) is 2.94. The van der Waals surface area contributed by atoms with Crippen molar-refractivity contribution in [2.75, 3.05) is 11.9 Å². The van der Waals surface area contributed by atoms with Crippen LogP contribution in [-0.2, 0) is 23.0 Å². The molecule has 0 saturated carbocycles. The molecule has 11 heteroatoms. The Morgan fingerprint density at radius 3 is 2.74 bits per heavy atom. The number of hydrogen-bond acceptors (Lipinski definition) is 5. The van der Waals surface area contributed by atoms with Gasteiger partial charge in [0.05, 0.1) is 12.2 Å². The second-order valence-corrected chi connectivity index (χ2v) is 9.30. The van der Waals surface area contributed by atoms with Crippen LogP contribution in [0.4, 0.5) is 18.7 Å². The summed E-state index contributed by atoms with van der Waals surface area (Å²) in [6.45, 7) is 3.78. The van der Waals surface area contributed by atoms with Crippen molar-refractivity contribution in [1.82, 2.24) is 14.6 Å². The minimum atomic E-state index is -4.11. The van der Waals surface area contributed by atoms with E-state index in [1.54, 1.807) is 0 Å². The number of aromatic nitrogens is 1. The average molecular weight is 416 g/mol. The lowest BCUT2D eigenvalue weighted by Crippen LogP contribution is -2.36. The van der Waals surface area contributed by atoms with Crippen molar-refractivity contribution in [1.29, 1.82) is 0 Å². The van der Waals surface area contributed by atoms with Gasteiger partial charge in [-0.15, -0.1) is 0 Å². The van der Waals surface area contributed by atoms with Crippen LogP contribution in [-0.4, -0.2) is 36.3 Å². The summed E-state index contributed by atoms with van der Waals surface area (Å²) in [4.78, 5) is 16.2. The molecule has 1 aliphatic heterocycles. The van der Waals surface area contributed by atoms with Crippen LogP contribution < -0.4 is 10.6 Å². The molecule has 0 unspecified atom stereocenters. The van der Waals surface area contributed by atoms with Gasteiger partial charge in [0.1, 0.15) is 16.5 Å². The first-order chi connectivity index (χ1) is 12.7. The number of carbonyl (C=O) groups excluding carboxylic acids is 1. The SMILES string of the molecule is CC(C)NC(=O)Nc1nc2c(s1)CN(S(=O)(=O)c1ccc(F)cc1F)CC2. The lowest BCUT2D eigenvalue weighted by Gasteiger charge is -2.25. The molecule has 2 heterocycles. The summed E-state index contributed by atoms with van der Waals surface area (Å²) >= 11 is 1.17. The van der Waals surface area contributed by atoms with Gasteiger partial charge in [-0.3, -0.25) is 5.32 Å². The number of nitrogens with one attached hydrogen (secondary N) is 2. The molecule has 2 amide bonds. The standard InChI is InChI=1S/C16H18F2N4O3S2/c1-9(2)19-15(23)21-16-20-12-5-6-22(8-13(12)26-16)27(24,25)14-4-3-10(17)7-11(14)18/h3-4,7,9H,5-6,8H2,1-2H3,(H2,19,20,21,23). The van der Waals surface area contributed by atoms with E-state index in [4.69, 9.17) is 0 Å². The zero-order chi connectivity index (χ0) is 19.8. The van der Waals surface area contributed by atoms with Gasteiger partial charge in [-0.25, -0.2) is 27.0 Å². The van der Waals surface area contributed by atoms with Crippen LogP contribution in [0.1, 0.15) is 24.4 Å². The van der Waals surface area contributed by atoms with E-state index in [0.29, 0.717) is 28.2 Å². The lowest BCUT2D eigenvalue weighted by molar-refractivity contribution is 0.250. The Morgan fingerprint density at radius 2 is 2.07 bits per heavy atom. The number of urea groups is 1. The zero-order valence-electron chi connectivity index (χ0n) is 14.6. The third-order valence-corrected chi connectivity index (χ3v) is 6.72. The summed E-state index contributed by atoms with van der Waals surface area (Å²) in [7, 11) is -4.11. The maximum absolute atomic E-state index is 13.9. The molecule has 3 rings (SSSR count). The van der Waals surface area contributed by atoms with E-state index in [1.807, 2.05) is 13.8 Å². The summed E-state index contributed by atoms with van der Waals surface area (Å²) in [5.74, 6) is -1.97. The van der Waals surface area contributed by atoms with E-state index in [-0.39, 0.29) is 19.1 Å². The van der Waals surface area contributed by atoms with Crippen LogP contribution in [0.3, 0.4) is 0 Å². The van der Waals surface area contributed by atoms with Crippen LogP contribution in [0.2, 0.25) is 0 Å². The minimum Gasteiger partial charge on any atom is -0.336 e. The van der Waals surface area contributed by atoms with Crippen LogP contribution >= 0.6 is 11.3 Å². The van der Waals surface area contributed by atoms with Crippen molar-refractivity contribution in [2.24, 2.45) is 0 Å². The largest absolute Gasteiger partial charge is 0.336 e. The molecule has 0 atom stereocenters. The van der Waals surface area contributed by atoms with Gasteiger partial charge in [0.15, 0.2) is 5.13 Å². The van der Waals surface area contributed by atoms with E-state index in [0.717, 1.165) is 16.4 Å². The number of halogens is 2. The van der Waals surface area contributed by atoms with Crippen molar-refractivity contribution < 1.29 is 22.0 Å².